The second-order valence-electron chi connectivity index (χ2n) is 10.5. The van der Waals surface area contributed by atoms with Gasteiger partial charge in [-0.1, -0.05) is 86.1 Å². The van der Waals surface area contributed by atoms with Gasteiger partial charge in [-0.15, -0.1) is 0 Å². The Morgan fingerprint density at radius 1 is 0.821 bits per heavy atom. The largest absolute Gasteiger partial charge is 0.464 e. The highest BCUT2D eigenvalue weighted by molar-refractivity contribution is 5.86. The Kier molecular flexibility index (Phi) is 9.31. The lowest BCUT2D eigenvalue weighted by Crippen LogP contribution is -2.44. The molecular weight excluding hydrogens is 488 g/mol. The van der Waals surface area contributed by atoms with E-state index in [1.165, 1.54) is 6.26 Å². The van der Waals surface area contributed by atoms with E-state index >= 15 is 0 Å². The van der Waals surface area contributed by atoms with E-state index in [1.807, 2.05) is 79.7 Å². The molecule has 0 aliphatic carbocycles. The van der Waals surface area contributed by atoms with Gasteiger partial charge in [0.15, 0.2) is 5.43 Å². The van der Waals surface area contributed by atoms with Crippen molar-refractivity contribution in [2.24, 2.45) is 5.92 Å². The zero-order valence-electron chi connectivity index (χ0n) is 22.9. The topological polar surface area (TPSA) is 70.8 Å². The maximum atomic E-state index is 13.8. The lowest BCUT2D eigenvalue weighted by Gasteiger charge is -2.28. The van der Waals surface area contributed by atoms with Crippen LogP contribution in [0.4, 0.5) is 0 Å². The molecule has 6 nitrogen and oxygen atoms in total. The zero-order valence-corrected chi connectivity index (χ0v) is 22.9. The molecule has 0 unspecified atom stereocenters. The SMILES string of the molecule is Cc1ccc2occ(CN(Cc3ccccc3)C(=O)CN(CCC(C)C)C(=O)Cc3ccccc3)c(=O)c2c1. The summed E-state index contributed by atoms with van der Waals surface area (Å²) < 4.78 is 5.76. The van der Waals surface area contributed by atoms with Crippen LogP contribution in [0, 0.1) is 12.8 Å². The van der Waals surface area contributed by atoms with Gasteiger partial charge in [-0.3, -0.25) is 14.4 Å². The maximum absolute atomic E-state index is 13.8. The molecule has 0 saturated carbocycles. The van der Waals surface area contributed by atoms with Crippen molar-refractivity contribution < 1.29 is 14.0 Å². The fourth-order valence-corrected chi connectivity index (χ4v) is 4.49. The molecule has 0 N–H and O–H groups in total. The molecule has 0 radical (unpaired) electrons. The van der Waals surface area contributed by atoms with E-state index in [0.29, 0.717) is 35.5 Å². The van der Waals surface area contributed by atoms with Gasteiger partial charge in [0, 0.05) is 13.1 Å². The standard InChI is InChI=1S/C33H36N2O4/c1-24(2)16-17-34(31(36)19-26-10-6-4-7-11-26)22-32(37)35(20-27-12-8-5-9-13-27)21-28-23-39-30-15-14-25(3)18-29(30)33(28)38/h4-15,18,23-24H,16-17,19-22H2,1-3H3. The van der Waals surface area contributed by atoms with Crippen LogP contribution >= 0.6 is 0 Å². The van der Waals surface area contributed by atoms with Crippen LogP contribution in [0.1, 0.15) is 42.5 Å². The van der Waals surface area contributed by atoms with Crippen molar-refractivity contribution in [3.8, 4) is 0 Å². The minimum atomic E-state index is -0.215. The van der Waals surface area contributed by atoms with Gasteiger partial charge in [-0.05, 0) is 42.5 Å². The summed E-state index contributed by atoms with van der Waals surface area (Å²) in [6.45, 7) is 6.97. The van der Waals surface area contributed by atoms with Crippen molar-refractivity contribution in [3.05, 3.63) is 118 Å². The van der Waals surface area contributed by atoms with Crippen LogP contribution < -0.4 is 5.43 Å². The summed E-state index contributed by atoms with van der Waals surface area (Å²) in [6.07, 6.45) is 2.47. The van der Waals surface area contributed by atoms with Crippen molar-refractivity contribution in [2.45, 2.75) is 46.7 Å². The van der Waals surface area contributed by atoms with Gasteiger partial charge in [0.2, 0.25) is 11.8 Å². The summed E-state index contributed by atoms with van der Waals surface area (Å²) in [6, 6.07) is 24.7. The number of amides is 2. The summed E-state index contributed by atoms with van der Waals surface area (Å²) >= 11 is 0. The fraction of sp³-hybridized carbons (Fsp3) is 0.303. The van der Waals surface area contributed by atoms with Crippen LogP contribution in [0.25, 0.3) is 11.0 Å². The first kappa shape index (κ1) is 27.8. The summed E-state index contributed by atoms with van der Waals surface area (Å²) in [5.41, 5.74) is 3.58. The Labute approximate surface area is 229 Å². The van der Waals surface area contributed by atoms with Crippen molar-refractivity contribution in [1.82, 2.24) is 9.80 Å². The Bertz CT molecular complexity index is 1460. The number of rotatable bonds is 11. The fourth-order valence-electron chi connectivity index (χ4n) is 4.49. The van der Waals surface area contributed by atoms with Crippen LogP contribution in [-0.4, -0.2) is 34.7 Å². The number of hydrogen-bond donors (Lipinski definition) is 0. The minimum absolute atomic E-state index is 0.0523. The molecule has 2 amide bonds. The Morgan fingerprint density at radius 2 is 1.49 bits per heavy atom. The Balaban J connectivity index is 1.60. The molecule has 0 atom stereocenters. The van der Waals surface area contributed by atoms with E-state index in [0.717, 1.165) is 23.1 Å². The second-order valence-corrected chi connectivity index (χ2v) is 10.5. The van der Waals surface area contributed by atoms with Gasteiger partial charge in [0.05, 0.1) is 36.7 Å². The molecule has 202 valence electrons. The number of aryl methyl sites for hydroxylation is 1. The van der Waals surface area contributed by atoms with Gasteiger partial charge >= 0.3 is 0 Å². The molecule has 0 spiro atoms. The van der Waals surface area contributed by atoms with Crippen molar-refractivity contribution in [1.29, 1.82) is 0 Å². The van der Waals surface area contributed by atoms with Crippen LogP contribution in [0.5, 0.6) is 0 Å². The summed E-state index contributed by atoms with van der Waals surface area (Å²) in [4.78, 5) is 43.7. The molecule has 0 saturated heterocycles. The summed E-state index contributed by atoms with van der Waals surface area (Å²) in [7, 11) is 0. The van der Waals surface area contributed by atoms with Gasteiger partial charge in [0.1, 0.15) is 5.58 Å². The third-order valence-electron chi connectivity index (χ3n) is 6.78. The minimum Gasteiger partial charge on any atom is -0.464 e. The van der Waals surface area contributed by atoms with E-state index in [2.05, 4.69) is 13.8 Å². The average Bonchev–Trinajstić information content (AvgIpc) is 2.93. The highest BCUT2D eigenvalue weighted by atomic mass is 16.3. The Hall–Kier alpha value is -4.19. The normalized spacial score (nSPS) is 11.1. The van der Waals surface area contributed by atoms with Crippen molar-refractivity contribution >= 4 is 22.8 Å². The smallest absolute Gasteiger partial charge is 0.242 e. The van der Waals surface area contributed by atoms with Gasteiger partial charge in [-0.2, -0.15) is 0 Å². The van der Waals surface area contributed by atoms with Gasteiger partial charge in [0.25, 0.3) is 0 Å². The molecule has 0 fully saturated rings. The second kappa shape index (κ2) is 13.1. The van der Waals surface area contributed by atoms with Gasteiger partial charge < -0.3 is 14.2 Å². The first-order chi connectivity index (χ1) is 18.8. The molecule has 4 aromatic rings. The third-order valence-corrected chi connectivity index (χ3v) is 6.78. The monoisotopic (exact) mass is 524 g/mol. The van der Waals surface area contributed by atoms with E-state index in [4.69, 9.17) is 4.42 Å². The highest BCUT2D eigenvalue weighted by Crippen LogP contribution is 2.16. The first-order valence-corrected chi connectivity index (χ1v) is 13.4. The number of fused-ring (bicyclic) bond motifs is 1. The number of nitrogens with zero attached hydrogens (tertiary/aromatic N) is 2. The third kappa shape index (κ3) is 7.66. The lowest BCUT2D eigenvalue weighted by atomic mass is 10.1. The van der Waals surface area contributed by atoms with E-state index in [9.17, 15) is 14.4 Å². The number of benzene rings is 3. The lowest BCUT2D eigenvalue weighted by molar-refractivity contribution is -0.141. The Morgan fingerprint density at radius 3 is 2.15 bits per heavy atom. The molecule has 6 heteroatoms. The molecular formula is C33H36N2O4. The van der Waals surface area contributed by atoms with E-state index in [-0.39, 0.29) is 36.8 Å². The molecule has 0 bridgehead atoms. The molecule has 0 aliphatic heterocycles. The molecule has 3 aromatic carbocycles. The first-order valence-electron chi connectivity index (χ1n) is 13.4. The number of carbonyl (C=O) groups excluding carboxylic acids is 2. The average molecular weight is 525 g/mol. The molecule has 1 aromatic heterocycles. The molecule has 1 heterocycles. The maximum Gasteiger partial charge on any atom is 0.242 e. The van der Waals surface area contributed by atoms with Crippen molar-refractivity contribution in [2.75, 3.05) is 13.1 Å². The summed E-state index contributed by atoms with van der Waals surface area (Å²) in [5.74, 6) is 0.0848. The van der Waals surface area contributed by atoms with E-state index in [1.54, 1.807) is 15.9 Å². The molecule has 0 aliphatic rings. The quantitative estimate of drug-likeness (QED) is 0.251. The van der Waals surface area contributed by atoms with Crippen LogP contribution in [-0.2, 0) is 29.1 Å². The van der Waals surface area contributed by atoms with Crippen LogP contribution in [0.2, 0.25) is 0 Å². The molecule has 4 rings (SSSR count). The van der Waals surface area contributed by atoms with Crippen molar-refractivity contribution in [3.63, 3.8) is 0 Å². The summed E-state index contributed by atoms with van der Waals surface area (Å²) in [5, 5.41) is 0.496. The van der Waals surface area contributed by atoms with Gasteiger partial charge in [-0.25, -0.2) is 0 Å². The van der Waals surface area contributed by atoms with E-state index < -0.39 is 0 Å². The number of carbonyl (C=O) groups is 2. The predicted molar refractivity (Wildman–Crippen MR) is 154 cm³/mol. The number of hydrogen-bond acceptors (Lipinski definition) is 4. The van der Waals surface area contributed by atoms with Crippen LogP contribution in [0.15, 0.2) is 94.3 Å². The highest BCUT2D eigenvalue weighted by Gasteiger charge is 2.23. The molecule has 39 heavy (non-hydrogen) atoms. The zero-order chi connectivity index (χ0) is 27.8. The van der Waals surface area contributed by atoms with Crippen LogP contribution in [0.3, 0.4) is 0 Å². The predicted octanol–water partition coefficient (Wildman–Crippen LogP) is 5.75.